The summed E-state index contributed by atoms with van der Waals surface area (Å²) in [5.74, 6) is 0.714. The van der Waals surface area contributed by atoms with Crippen LogP contribution in [0.1, 0.15) is 47.0 Å². The topological polar surface area (TPSA) is 20.2 Å². The van der Waals surface area contributed by atoms with Gasteiger partial charge in [-0.3, -0.25) is 0 Å². The first-order valence-corrected chi connectivity index (χ1v) is 5.96. The molecule has 0 heterocycles. The minimum Gasteiger partial charge on any atom is -0.392 e. The van der Waals surface area contributed by atoms with E-state index in [4.69, 9.17) is 5.11 Å². The Balaban J connectivity index is 2.58. The smallest absolute Gasteiger partial charge is 0.0641 e. The van der Waals surface area contributed by atoms with Crippen LogP contribution in [0.25, 0.3) is 0 Å². The van der Waals surface area contributed by atoms with Crippen LogP contribution in [0, 0.1) is 11.3 Å². The zero-order valence-electron chi connectivity index (χ0n) is 10.5. The van der Waals surface area contributed by atoms with E-state index in [1.54, 1.807) is 0 Å². The fraction of sp³-hybridized carbons (Fsp3) is 0.714. The predicted octanol–water partition coefficient (Wildman–Crippen LogP) is 3.70. The molecule has 0 amide bonds. The molecule has 1 unspecified atom stereocenters. The van der Waals surface area contributed by atoms with Crippen molar-refractivity contribution in [2.75, 3.05) is 6.61 Å². The number of hydrogen-bond acceptors (Lipinski definition) is 1. The van der Waals surface area contributed by atoms with Crippen LogP contribution in [0.2, 0.25) is 0 Å². The molecular formula is C14H24O. The molecule has 0 saturated heterocycles. The normalized spacial score (nSPS) is 25.5. The van der Waals surface area contributed by atoms with E-state index in [-0.39, 0.29) is 6.61 Å². The molecule has 0 spiro atoms. The maximum absolute atomic E-state index is 9.10. The second-order valence-electron chi connectivity index (χ2n) is 5.32. The molecule has 0 aliphatic heterocycles. The molecule has 0 aromatic heterocycles. The van der Waals surface area contributed by atoms with Gasteiger partial charge in [0, 0.05) is 0 Å². The quantitative estimate of drug-likeness (QED) is 0.698. The van der Waals surface area contributed by atoms with Crippen molar-refractivity contribution in [3.05, 3.63) is 23.3 Å². The molecule has 1 N–H and O–H groups in total. The van der Waals surface area contributed by atoms with Crippen molar-refractivity contribution in [1.29, 1.82) is 0 Å². The van der Waals surface area contributed by atoms with Crippen LogP contribution in [0.5, 0.6) is 0 Å². The Kier molecular flexibility index (Phi) is 4.15. The standard InChI is InChI=1S/C14H24O/c1-5-12(10-15)6-7-13-8-11(2)9-14(13,3)4/h6,9,13,15H,5,7-8,10H2,1-4H3. The summed E-state index contributed by atoms with van der Waals surface area (Å²) >= 11 is 0. The van der Waals surface area contributed by atoms with E-state index in [1.165, 1.54) is 17.6 Å². The lowest BCUT2D eigenvalue weighted by atomic mass is 9.79. The van der Waals surface area contributed by atoms with E-state index in [0.29, 0.717) is 11.3 Å². The third-order valence-electron chi connectivity index (χ3n) is 3.59. The Morgan fingerprint density at radius 2 is 2.27 bits per heavy atom. The first-order valence-electron chi connectivity index (χ1n) is 5.96. The van der Waals surface area contributed by atoms with Gasteiger partial charge in [0.2, 0.25) is 0 Å². The molecule has 0 fully saturated rings. The van der Waals surface area contributed by atoms with Crippen LogP contribution in [-0.2, 0) is 0 Å². The van der Waals surface area contributed by atoms with Gasteiger partial charge in [0.05, 0.1) is 6.61 Å². The average molecular weight is 208 g/mol. The van der Waals surface area contributed by atoms with E-state index in [9.17, 15) is 0 Å². The summed E-state index contributed by atoms with van der Waals surface area (Å²) in [6.45, 7) is 9.17. The van der Waals surface area contributed by atoms with Gasteiger partial charge < -0.3 is 5.11 Å². The largest absolute Gasteiger partial charge is 0.392 e. The Hall–Kier alpha value is -0.560. The summed E-state index contributed by atoms with van der Waals surface area (Å²) < 4.78 is 0. The van der Waals surface area contributed by atoms with E-state index < -0.39 is 0 Å². The fourth-order valence-electron chi connectivity index (χ4n) is 2.48. The molecule has 1 aliphatic rings. The van der Waals surface area contributed by atoms with Crippen molar-refractivity contribution in [1.82, 2.24) is 0 Å². The highest BCUT2D eigenvalue weighted by Crippen LogP contribution is 2.42. The van der Waals surface area contributed by atoms with E-state index in [2.05, 4.69) is 39.8 Å². The number of allylic oxidation sites excluding steroid dienone is 3. The molecule has 1 rings (SSSR count). The summed E-state index contributed by atoms with van der Waals surface area (Å²) in [4.78, 5) is 0. The van der Waals surface area contributed by atoms with Gasteiger partial charge in [-0.15, -0.1) is 0 Å². The Bertz CT molecular complexity index is 265. The molecule has 1 nitrogen and oxygen atoms in total. The Morgan fingerprint density at radius 3 is 2.67 bits per heavy atom. The average Bonchev–Trinajstić information content (AvgIpc) is 2.41. The van der Waals surface area contributed by atoms with Gasteiger partial charge in [0.1, 0.15) is 0 Å². The Morgan fingerprint density at radius 1 is 1.60 bits per heavy atom. The van der Waals surface area contributed by atoms with Crippen molar-refractivity contribution in [3.8, 4) is 0 Å². The third kappa shape index (κ3) is 3.20. The van der Waals surface area contributed by atoms with Crippen molar-refractivity contribution in [2.45, 2.75) is 47.0 Å². The van der Waals surface area contributed by atoms with Crippen molar-refractivity contribution < 1.29 is 5.11 Å². The second kappa shape index (κ2) is 4.98. The molecule has 0 aromatic carbocycles. The molecule has 1 aliphatic carbocycles. The monoisotopic (exact) mass is 208 g/mol. The van der Waals surface area contributed by atoms with E-state index >= 15 is 0 Å². The first kappa shape index (κ1) is 12.5. The van der Waals surface area contributed by atoms with Crippen molar-refractivity contribution >= 4 is 0 Å². The molecule has 86 valence electrons. The number of aliphatic hydroxyl groups is 1. The van der Waals surface area contributed by atoms with Gasteiger partial charge in [0.15, 0.2) is 0 Å². The van der Waals surface area contributed by atoms with Crippen LogP contribution in [0.4, 0.5) is 0 Å². The molecule has 1 heteroatoms. The lowest BCUT2D eigenvalue weighted by Crippen LogP contribution is -2.16. The number of hydrogen-bond donors (Lipinski definition) is 1. The molecule has 0 radical (unpaired) electrons. The van der Waals surface area contributed by atoms with Crippen LogP contribution < -0.4 is 0 Å². The summed E-state index contributed by atoms with van der Waals surface area (Å²) in [7, 11) is 0. The molecule has 15 heavy (non-hydrogen) atoms. The van der Waals surface area contributed by atoms with E-state index in [0.717, 1.165) is 12.8 Å². The van der Waals surface area contributed by atoms with Gasteiger partial charge in [-0.2, -0.15) is 0 Å². The van der Waals surface area contributed by atoms with Crippen molar-refractivity contribution in [2.24, 2.45) is 11.3 Å². The zero-order valence-corrected chi connectivity index (χ0v) is 10.5. The summed E-state index contributed by atoms with van der Waals surface area (Å²) in [6.07, 6.45) is 7.92. The van der Waals surface area contributed by atoms with Gasteiger partial charge in [0.25, 0.3) is 0 Å². The number of aliphatic hydroxyl groups excluding tert-OH is 1. The fourth-order valence-corrected chi connectivity index (χ4v) is 2.48. The highest BCUT2D eigenvalue weighted by atomic mass is 16.3. The van der Waals surface area contributed by atoms with Crippen LogP contribution in [-0.4, -0.2) is 11.7 Å². The number of rotatable bonds is 4. The molecule has 0 saturated carbocycles. The van der Waals surface area contributed by atoms with Gasteiger partial charge in [-0.25, -0.2) is 0 Å². The van der Waals surface area contributed by atoms with E-state index in [1.807, 2.05) is 0 Å². The van der Waals surface area contributed by atoms with Gasteiger partial charge in [-0.1, -0.05) is 38.5 Å². The minimum absolute atomic E-state index is 0.218. The first-order chi connectivity index (χ1) is 6.99. The summed E-state index contributed by atoms with van der Waals surface area (Å²) in [5, 5.41) is 9.10. The molecule has 0 bridgehead atoms. The highest BCUT2D eigenvalue weighted by Gasteiger charge is 2.31. The zero-order chi connectivity index (χ0) is 11.5. The summed E-state index contributed by atoms with van der Waals surface area (Å²) in [5.41, 5.74) is 3.02. The lowest BCUT2D eigenvalue weighted by molar-refractivity contribution is 0.304. The van der Waals surface area contributed by atoms with Crippen LogP contribution in [0.15, 0.2) is 23.3 Å². The van der Waals surface area contributed by atoms with Gasteiger partial charge >= 0.3 is 0 Å². The Labute approximate surface area is 93.9 Å². The van der Waals surface area contributed by atoms with Crippen LogP contribution >= 0.6 is 0 Å². The maximum Gasteiger partial charge on any atom is 0.0641 e. The highest BCUT2D eigenvalue weighted by molar-refractivity contribution is 5.17. The predicted molar refractivity (Wildman–Crippen MR) is 65.7 cm³/mol. The molecule has 0 aromatic rings. The van der Waals surface area contributed by atoms with Crippen molar-refractivity contribution in [3.63, 3.8) is 0 Å². The maximum atomic E-state index is 9.10. The van der Waals surface area contributed by atoms with Crippen LogP contribution in [0.3, 0.4) is 0 Å². The lowest BCUT2D eigenvalue weighted by Gasteiger charge is -2.25. The molecule has 1 atom stereocenters. The minimum atomic E-state index is 0.218. The van der Waals surface area contributed by atoms with Gasteiger partial charge in [-0.05, 0) is 43.1 Å². The second-order valence-corrected chi connectivity index (χ2v) is 5.32. The summed E-state index contributed by atoms with van der Waals surface area (Å²) in [6, 6.07) is 0. The SMILES string of the molecule is CCC(=CCC1CC(C)=CC1(C)C)CO. The molecular weight excluding hydrogens is 184 g/mol. The third-order valence-corrected chi connectivity index (χ3v) is 3.59.